The van der Waals surface area contributed by atoms with E-state index in [0.29, 0.717) is 0 Å². The molecule has 1 unspecified atom stereocenters. The fourth-order valence-corrected chi connectivity index (χ4v) is 3.92. The van der Waals surface area contributed by atoms with Crippen molar-refractivity contribution in [2.75, 3.05) is 5.32 Å². The molecule has 0 amide bonds. The van der Waals surface area contributed by atoms with Crippen LogP contribution in [0.5, 0.6) is 0 Å². The number of anilines is 1. The third kappa shape index (κ3) is 3.14. The van der Waals surface area contributed by atoms with Crippen molar-refractivity contribution in [1.82, 2.24) is 14.8 Å². The summed E-state index contributed by atoms with van der Waals surface area (Å²) in [5.41, 5.74) is 5.72. The number of nitrogens with zero attached hydrogens (tertiary/aromatic N) is 3. The number of halogens is 1. The van der Waals surface area contributed by atoms with Gasteiger partial charge in [-0.1, -0.05) is 82.7 Å². The second-order valence-corrected chi connectivity index (χ2v) is 7.59. The molecule has 4 aromatic rings. The smallest absolute Gasteiger partial charge is 0.226 e. The van der Waals surface area contributed by atoms with Crippen LogP contribution >= 0.6 is 15.9 Å². The number of rotatable bonds is 3. The van der Waals surface area contributed by atoms with Gasteiger partial charge in [-0.2, -0.15) is 10.1 Å². The maximum Gasteiger partial charge on any atom is 0.226 e. The molecule has 0 saturated carbocycles. The molecule has 1 N–H and O–H groups in total. The number of aromatic nitrogens is 3. The Bertz CT molecular complexity index is 1150. The Morgan fingerprint density at radius 2 is 1.57 bits per heavy atom. The summed E-state index contributed by atoms with van der Waals surface area (Å²) >= 11 is 3.57. The third-order valence-corrected chi connectivity index (χ3v) is 5.39. The molecule has 1 aliphatic rings. The fourth-order valence-electron chi connectivity index (χ4n) is 3.50. The standard InChI is InChI=1S/C23H17BrN4/c24-20-8-4-7-19(13-20)22-14-21(27-23-25-15-26-28(22)23)18-11-9-17(10-12-18)16-5-2-1-3-6-16/h1-15,22H,(H,25,26,27). The van der Waals surface area contributed by atoms with Crippen LogP contribution in [0, 0.1) is 0 Å². The highest BCUT2D eigenvalue weighted by atomic mass is 79.9. The average molecular weight is 429 g/mol. The van der Waals surface area contributed by atoms with Gasteiger partial charge in [0.15, 0.2) is 0 Å². The van der Waals surface area contributed by atoms with E-state index in [1.54, 1.807) is 6.33 Å². The number of hydrogen-bond donors (Lipinski definition) is 1. The summed E-state index contributed by atoms with van der Waals surface area (Å²) in [6, 6.07) is 27.3. The maximum atomic E-state index is 4.41. The Hall–Kier alpha value is -3.18. The van der Waals surface area contributed by atoms with Crippen LogP contribution in [-0.4, -0.2) is 14.8 Å². The molecule has 136 valence electrons. The highest BCUT2D eigenvalue weighted by Crippen LogP contribution is 2.33. The first-order chi connectivity index (χ1) is 13.8. The van der Waals surface area contributed by atoms with Crippen LogP contribution in [0.1, 0.15) is 17.2 Å². The number of allylic oxidation sites excluding steroid dienone is 1. The van der Waals surface area contributed by atoms with Crippen molar-refractivity contribution in [3.63, 3.8) is 0 Å². The van der Waals surface area contributed by atoms with E-state index in [0.717, 1.165) is 27.2 Å². The molecule has 0 spiro atoms. The lowest BCUT2D eigenvalue weighted by Gasteiger charge is -2.24. The van der Waals surface area contributed by atoms with E-state index in [4.69, 9.17) is 0 Å². The van der Waals surface area contributed by atoms with Gasteiger partial charge in [-0.05, 0) is 40.5 Å². The van der Waals surface area contributed by atoms with Crippen molar-refractivity contribution in [1.29, 1.82) is 0 Å². The van der Waals surface area contributed by atoms with Crippen molar-refractivity contribution in [2.45, 2.75) is 6.04 Å². The lowest BCUT2D eigenvalue weighted by Crippen LogP contribution is -2.20. The summed E-state index contributed by atoms with van der Waals surface area (Å²) in [5, 5.41) is 7.81. The Balaban J connectivity index is 1.53. The van der Waals surface area contributed by atoms with Gasteiger partial charge in [0.2, 0.25) is 5.95 Å². The molecule has 1 atom stereocenters. The zero-order valence-corrected chi connectivity index (χ0v) is 16.5. The van der Waals surface area contributed by atoms with E-state index in [9.17, 15) is 0 Å². The van der Waals surface area contributed by atoms with Gasteiger partial charge >= 0.3 is 0 Å². The van der Waals surface area contributed by atoms with E-state index in [-0.39, 0.29) is 6.04 Å². The van der Waals surface area contributed by atoms with Crippen molar-refractivity contribution in [3.8, 4) is 11.1 Å². The second kappa shape index (κ2) is 7.09. The van der Waals surface area contributed by atoms with Crippen molar-refractivity contribution >= 4 is 27.6 Å². The van der Waals surface area contributed by atoms with Crippen LogP contribution in [0.2, 0.25) is 0 Å². The van der Waals surface area contributed by atoms with Gasteiger partial charge in [0.25, 0.3) is 0 Å². The summed E-state index contributed by atoms with van der Waals surface area (Å²) < 4.78 is 2.95. The Labute approximate surface area is 171 Å². The maximum absolute atomic E-state index is 4.41. The van der Waals surface area contributed by atoms with Crippen molar-refractivity contribution < 1.29 is 0 Å². The predicted octanol–water partition coefficient (Wildman–Crippen LogP) is 5.76. The number of hydrogen-bond acceptors (Lipinski definition) is 3. The van der Waals surface area contributed by atoms with Crippen molar-refractivity contribution in [2.24, 2.45) is 0 Å². The van der Waals surface area contributed by atoms with E-state index < -0.39 is 0 Å². The Morgan fingerprint density at radius 3 is 2.36 bits per heavy atom. The fraction of sp³-hybridized carbons (Fsp3) is 0.0435. The van der Waals surface area contributed by atoms with Gasteiger partial charge in [-0.3, -0.25) is 0 Å². The van der Waals surface area contributed by atoms with E-state index in [1.165, 1.54) is 11.1 Å². The molecular formula is C23H17BrN4. The molecule has 5 rings (SSSR count). The average Bonchev–Trinajstić information content (AvgIpc) is 3.22. The molecule has 0 fully saturated rings. The summed E-state index contributed by atoms with van der Waals surface area (Å²) in [5.74, 6) is 0.745. The molecule has 0 radical (unpaired) electrons. The zero-order chi connectivity index (χ0) is 18.9. The minimum Gasteiger partial charge on any atom is -0.324 e. The van der Waals surface area contributed by atoms with Gasteiger partial charge in [0.05, 0.1) is 0 Å². The largest absolute Gasteiger partial charge is 0.324 e. The molecule has 3 aromatic carbocycles. The first kappa shape index (κ1) is 17.0. The highest BCUT2D eigenvalue weighted by Gasteiger charge is 2.23. The molecule has 1 aromatic heterocycles. The minimum absolute atomic E-state index is 0.0138. The number of fused-ring (bicyclic) bond motifs is 1. The SMILES string of the molecule is Brc1cccc(C2C=C(c3ccc(-c4ccccc4)cc3)Nc3ncnn32)c1. The molecule has 5 heteroatoms. The minimum atomic E-state index is -0.0138. The molecule has 0 bridgehead atoms. The molecule has 0 aliphatic carbocycles. The van der Waals surface area contributed by atoms with E-state index >= 15 is 0 Å². The molecule has 28 heavy (non-hydrogen) atoms. The quantitative estimate of drug-likeness (QED) is 0.450. The highest BCUT2D eigenvalue weighted by molar-refractivity contribution is 9.10. The lowest BCUT2D eigenvalue weighted by atomic mass is 9.99. The van der Waals surface area contributed by atoms with Gasteiger partial charge in [0, 0.05) is 10.2 Å². The molecule has 1 aliphatic heterocycles. The van der Waals surface area contributed by atoms with Crippen LogP contribution < -0.4 is 5.32 Å². The molecular weight excluding hydrogens is 412 g/mol. The van der Waals surface area contributed by atoms with Crippen LogP contribution in [-0.2, 0) is 0 Å². The normalized spacial score (nSPS) is 15.5. The van der Waals surface area contributed by atoms with Crippen LogP contribution in [0.4, 0.5) is 5.95 Å². The molecule has 0 saturated heterocycles. The Kier molecular flexibility index (Phi) is 4.29. The van der Waals surface area contributed by atoms with Gasteiger partial charge < -0.3 is 5.32 Å². The van der Waals surface area contributed by atoms with Crippen LogP contribution in [0.3, 0.4) is 0 Å². The Morgan fingerprint density at radius 1 is 0.821 bits per heavy atom. The van der Waals surface area contributed by atoms with Gasteiger partial charge in [-0.15, -0.1) is 0 Å². The van der Waals surface area contributed by atoms with Crippen LogP contribution in [0.15, 0.2) is 95.7 Å². The first-order valence-corrected chi connectivity index (χ1v) is 9.87. The van der Waals surface area contributed by atoms with Crippen molar-refractivity contribution in [3.05, 3.63) is 107 Å². The summed E-state index contributed by atoms with van der Waals surface area (Å²) in [6.45, 7) is 0. The molecule has 2 heterocycles. The summed E-state index contributed by atoms with van der Waals surface area (Å²) in [4.78, 5) is 4.38. The van der Waals surface area contributed by atoms with Crippen LogP contribution in [0.25, 0.3) is 16.8 Å². The van der Waals surface area contributed by atoms with E-state index in [1.807, 2.05) is 22.9 Å². The monoisotopic (exact) mass is 428 g/mol. The zero-order valence-electron chi connectivity index (χ0n) is 15.0. The number of benzene rings is 3. The topological polar surface area (TPSA) is 42.7 Å². The second-order valence-electron chi connectivity index (χ2n) is 6.68. The first-order valence-electron chi connectivity index (χ1n) is 9.07. The number of nitrogens with one attached hydrogen (secondary N) is 1. The van der Waals surface area contributed by atoms with E-state index in [2.05, 4.69) is 98.1 Å². The third-order valence-electron chi connectivity index (χ3n) is 4.90. The summed E-state index contributed by atoms with van der Waals surface area (Å²) in [6.07, 6.45) is 3.78. The van der Waals surface area contributed by atoms with Gasteiger partial charge in [-0.25, -0.2) is 4.68 Å². The lowest BCUT2D eigenvalue weighted by molar-refractivity contribution is 0.611. The summed E-state index contributed by atoms with van der Waals surface area (Å²) in [7, 11) is 0. The van der Waals surface area contributed by atoms with Gasteiger partial charge in [0.1, 0.15) is 12.4 Å². The molecule has 4 nitrogen and oxygen atoms in total. The predicted molar refractivity (Wildman–Crippen MR) is 116 cm³/mol.